The molecule has 0 fully saturated rings. The van der Waals surface area contributed by atoms with Crippen molar-refractivity contribution in [3.05, 3.63) is 52.6 Å². The number of nitro benzene ring substituents is 1. The van der Waals surface area contributed by atoms with Gasteiger partial charge >= 0.3 is 0 Å². The maximum absolute atomic E-state index is 10.6. The van der Waals surface area contributed by atoms with Gasteiger partial charge in [-0.25, -0.2) is 4.98 Å². The summed E-state index contributed by atoms with van der Waals surface area (Å²) in [5.41, 5.74) is 1.12. The number of benzene rings is 1. The maximum Gasteiger partial charge on any atom is 0.269 e. The zero-order chi connectivity index (χ0) is 12.5. The lowest BCUT2D eigenvalue weighted by molar-refractivity contribution is -0.384. The Kier molecular flexibility index (Phi) is 2.47. The molecule has 0 atom stereocenters. The normalized spacial score (nSPS) is 14.3. The first kappa shape index (κ1) is 10.8. The molecule has 0 aliphatic carbocycles. The summed E-state index contributed by atoms with van der Waals surface area (Å²) in [6.45, 7) is 2.53. The Bertz CT molecular complexity index is 576. The summed E-state index contributed by atoms with van der Waals surface area (Å²) in [6, 6.07) is 6.65. The molecule has 2 heterocycles. The molecule has 0 saturated heterocycles. The van der Waals surface area contributed by atoms with Crippen LogP contribution in [-0.2, 0) is 13.1 Å². The molecule has 6 heteroatoms. The van der Waals surface area contributed by atoms with E-state index in [1.54, 1.807) is 18.3 Å². The molecule has 0 amide bonds. The molecule has 0 saturated carbocycles. The second kappa shape index (κ2) is 4.14. The largest absolute Gasteiger partial charge is 0.362 e. The Labute approximate surface area is 104 Å². The number of nitrogens with zero attached hydrogens (tertiary/aromatic N) is 4. The average Bonchev–Trinajstić information content (AvgIpc) is 2.86. The number of aromatic nitrogens is 2. The summed E-state index contributed by atoms with van der Waals surface area (Å²) >= 11 is 0. The standard InChI is InChI=1S/C12H12N4O2/c17-16(18)11-3-1-10(2-4-11)15-8-7-14-6-5-13-12(14)9-15/h1-6H,7-9H2. The highest BCUT2D eigenvalue weighted by Crippen LogP contribution is 2.22. The summed E-state index contributed by atoms with van der Waals surface area (Å²) in [7, 11) is 0. The van der Waals surface area contributed by atoms with Crippen molar-refractivity contribution >= 4 is 11.4 Å². The minimum Gasteiger partial charge on any atom is -0.362 e. The molecule has 0 bridgehead atoms. The summed E-state index contributed by atoms with van der Waals surface area (Å²) in [5.74, 6) is 1.03. The van der Waals surface area contributed by atoms with E-state index >= 15 is 0 Å². The Hall–Kier alpha value is -2.37. The predicted octanol–water partition coefficient (Wildman–Crippen LogP) is 1.81. The smallest absolute Gasteiger partial charge is 0.269 e. The highest BCUT2D eigenvalue weighted by Gasteiger charge is 2.17. The second-order valence-electron chi connectivity index (χ2n) is 4.23. The lowest BCUT2D eigenvalue weighted by Gasteiger charge is -2.29. The second-order valence-corrected chi connectivity index (χ2v) is 4.23. The molecule has 0 N–H and O–H groups in total. The van der Waals surface area contributed by atoms with Gasteiger partial charge in [-0.05, 0) is 12.1 Å². The molecular formula is C12H12N4O2. The van der Waals surface area contributed by atoms with Gasteiger partial charge in [-0.2, -0.15) is 0 Å². The SMILES string of the molecule is O=[N+]([O-])c1ccc(N2CCn3ccnc3C2)cc1. The van der Waals surface area contributed by atoms with E-state index in [4.69, 9.17) is 0 Å². The number of non-ortho nitro benzene ring substituents is 1. The fraction of sp³-hybridized carbons (Fsp3) is 0.250. The van der Waals surface area contributed by atoms with Gasteiger partial charge in [0.25, 0.3) is 5.69 Å². The summed E-state index contributed by atoms with van der Waals surface area (Å²) in [4.78, 5) is 16.7. The van der Waals surface area contributed by atoms with Crippen molar-refractivity contribution in [1.82, 2.24) is 9.55 Å². The summed E-state index contributed by atoms with van der Waals surface area (Å²) in [6.07, 6.45) is 3.77. The van der Waals surface area contributed by atoms with Crippen LogP contribution in [0.15, 0.2) is 36.7 Å². The fourth-order valence-electron chi connectivity index (χ4n) is 2.18. The first-order valence-electron chi connectivity index (χ1n) is 5.73. The van der Waals surface area contributed by atoms with Crippen molar-refractivity contribution < 1.29 is 4.92 Å². The van der Waals surface area contributed by atoms with Crippen molar-refractivity contribution in [1.29, 1.82) is 0 Å². The predicted molar refractivity (Wildman–Crippen MR) is 66.4 cm³/mol. The van der Waals surface area contributed by atoms with Crippen LogP contribution >= 0.6 is 0 Å². The van der Waals surface area contributed by atoms with Crippen LogP contribution < -0.4 is 4.90 Å². The highest BCUT2D eigenvalue weighted by atomic mass is 16.6. The zero-order valence-electron chi connectivity index (χ0n) is 9.69. The van der Waals surface area contributed by atoms with Crippen LogP contribution in [0.5, 0.6) is 0 Å². The minimum absolute atomic E-state index is 0.122. The third kappa shape index (κ3) is 1.81. The van der Waals surface area contributed by atoms with E-state index in [1.165, 1.54) is 12.1 Å². The first-order chi connectivity index (χ1) is 8.74. The molecule has 0 radical (unpaired) electrons. The maximum atomic E-state index is 10.6. The molecule has 1 aromatic carbocycles. The van der Waals surface area contributed by atoms with Gasteiger partial charge in [-0.3, -0.25) is 10.1 Å². The number of anilines is 1. The molecule has 18 heavy (non-hydrogen) atoms. The van der Waals surface area contributed by atoms with Gasteiger partial charge in [0.05, 0.1) is 11.5 Å². The van der Waals surface area contributed by atoms with E-state index in [0.29, 0.717) is 0 Å². The molecule has 0 spiro atoms. The third-order valence-corrected chi connectivity index (χ3v) is 3.17. The van der Waals surface area contributed by atoms with Gasteiger partial charge in [-0.1, -0.05) is 0 Å². The van der Waals surface area contributed by atoms with Gasteiger partial charge < -0.3 is 9.47 Å². The molecule has 1 aromatic heterocycles. The number of hydrogen-bond donors (Lipinski definition) is 0. The van der Waals surface area contributed by atoms with Crippen LogP contribution in [0, 0.1) is 10.1 Å². The van der Waals surface area contributed by atoms with Crippen LogP contribution in [0.25, 0.3) is 0 Å². The first-order valence-corrected chi connectivity index (χ1v) is 5.73. The van der Waals surface area contributed by atoms with Crippen LogP contribution in [0.3, 0.4) is 0 Å². The topological polar surface area (TPSA) is 64.2 Å². The summed E-state index contributed by atoms with van der Waals surface area (Å²) < 4.78 is 2.13. The van der Waals surface area contributed by atoms with E-state index in [-0.39, 0.29) is 10.6 Å². The van der Waals surface area contributed by atoms with Gasteiger partial charge in [0.2, 0.25) is 0 Å². The Morgan fingerprint density at radius 1 is 1.22 bits per heavy atom. The zero-order valence-corrected chi connectivity index (χ0v) is 9.69. The number of rotatable bonds is 2. The van der Waals surface area contributed by atoms with E-state index < -0.39 is 0 Å². The fourth-order valence-corrected chi connectivity index (χ4v) is 2.18. The molecule has 2 aromatic rings. The molecular weight excluding hydrogens is 232 g/mol. The monoisotopic (exact) mass is 244 g/mol. The molecule has 1 aliphatic heterocycles. The van der Waals surface area contributed by atoms with Crippen LogP contribution in [0.2, 0.25) is 0 Å². The number of hydrogen-bond acceptors (Lipinski definition) is 4. The quantitative estimate of drug-likeness (QED) is 0.597. The lowest BCUT2D eigenvalue weighted by atomic mass is 10.2. The summed E-state index contributed by atoms with van der Waals surface area (Å²) in [5, 5.41) is 10.6. The average molecular weight is 244 g/mol. The van der Waals surface area contributed by atoms with E-state index in [2.05, 4.69) is 14.5 Å². The molecule has 0 unspecified atom stereocenters. The number of nitro groups is 1. The van der Waals surface area contributed by atoms with Crippen molar-refractivity contribution in [2.45, 2.75) is 13.1 Å². The molecule has 3 rings (SSSR count). The van der Waals surface area contributed by atoms with Gasteiger partial charge in [0, 0.05) is 43.3 Å². The van der Waals surface area contributed by atoms with Gasteiger partial charge in [0.1, 0.15) is 5.82 Å². The van der Waals surface area contributed by atoms with Crippen molar-refractivity contribution in [3.8, 4) is 0 Å². The van der Waals surface area contributed by atoms with Crippen molar-refractivity contribution in [2.75, 3.05) is 11.4 Å². The number of imidazole rings is 1. The highest BCUT2D eigenvalue weighted by molar-refractivity contribution is 5.51. The van der Waals surface area contributed by atoms with E-state index in [0.717, 1.165) is 31.1 Å². The van der Waals surface area contributed by atoms with Gasteiger partial charge in [-0.15, -0.1) is 0 Å². The Balaban J connectivity index is 1.82. The third-order valence-electron chi connectivity index (χ3n) is 3.17. The van der Waals surface area contributed by atoms with Crippen molar-refractivity contribution in [3.63, 3.8) is 0 Å². The van der Waals surface area contributed by atoms with E-state index in [1.807, 2.05) is 6.20 Å². The van der Waals surface area contributed by atoms with Gasteiger partial charge in [0.15, 0.2) is 0 Å². The minimum atomic E-state index is -0.382. The van der Waals surface area contributed by atoms with Crippen LogP contribution in [0.1, 0.15) is 5.82 Å². The van der Waals surface area contributed by atoms with Crippen LogP contribution in [-0.4, -0.2) is 21.0 Å². The molecule has 6 nitrogen and oxygen atoms in total. The number of fused-ring (bicyclic) bond motifs is 1. The van der Waals surface area contributed by atoms with Crippen LogP contribution in [0.4, 0.5) is 11.4 Å². The molecule has 1 aliphatic rings. The van der Waals surface area contributed by atoms with E-state index in [9.17, 15) is 10.1 Å². The van der Waals surface area contributed by atoms with Crippen molar-refractivity contribution in [2.24, 2.45) is 0 Å². The lowest BCUT2D eigenvalue weighted by Crippen LogP contribution is -2.33. The Morgan fingerprint density at radius 2 is 2.00 bits per heavy atom. The molecule has 92 valence electrons. The Morgan fingerprint density at radius 3 is 2.72 bits per heavy atom.